The summed E-state index contributed by atoms with van der Waals surface area (Å²) in [5, 5.41) is 27.4. The second kappa shape index (κ2) is 4.80. The van der Waals surface area contributed by atoms with Crippen LogP contribution in [0.15, 0.2) is 0 Å². The number of hydrogen-bond donors (Lipinski definition) is 3. The third-order valence-corrected chi connectivity index (χ3v) is 2.76. The van der Waals surface area contributed by atoms with Gasteiger partial charge in [-0.05, 0) is 6.92 Å². The molecule has 0 heterocycles. The molecule has 0 bridgehead atoms. The van der Waals surface area contributed by atoms with E-state index in [0.29, 0.717) is 0 Å². The molecule has 0 amide bonds. The summed E-state index contributed by atoms with van der Waals surface area (Å²) in [6.07, 6.45) is -1.48. The van der Waals surface area contributed by atoms with Crippen LogP contribution in [-0.4, -0.2) is 64.5 Å². The number of carboxylic acids is 2. The predicted molar refractivity (Wildman–Crippen MR) is 56.9 cm³/mol. The highest BCUT2D eigenvalue weighted by Crippen LogP contribution is 2.29. The van der Waals surface area contributed by atoms with E-state index in [1.54, 1.807) is 21.1 Å². The number of aliphatic hydroxyl groups is 1. The number of carboxylic acid groups (broad SMARTS) is 2. The van der Waals surface area contributed by atoms with Crippen LogP contribution in [0, 0.1) is 0 Å². The molecule has 3 N–H and O–H groups in total. The van der Waals surface area contributed by atoms with Crippen LogP contribution in [0.3, 0.4) is 0 Å². The molecule has 2 atom stereocenters. The Morgan fingerprint density at radius 2 is 1.69 bits per heavy atom. The van der Waals surface area contributed by atoms with E-state index in [1.165, 1.54) is 6.92 Å². The minimum Gasteiger partial charge on any atom is -0.481 e. The summed E-state index contributed by atoms with van der Waals surface area (Å²) in [5.74, 6) is -2.39. The van der Waals surface area contributed by atoms with Crippen molar-refractivity contribution in [3.05, 3.63) is 0 Å². The Hall–Kier alpha value is -1.14. The second-order valence-electron chi connectivity index (χ2n) is 4.97. The van der Waals surface area contributed by atoms with Crippen molar-refractivity contribution in [2.75, 3.05) is 21.1 Å². The molecular weight excluding hydrogens is 214 g/mol. The normalized spacial score (nSPS) is 17.6. The molecule has 0 aromatic rings. The van der Waals surface area contributed by atoms with Gasteiger partial charge in [0, 0.05) is 6.42 Å². The van der Waals surface area contributed by atoms with Gasteiger partial charge in [-0.3, -0.25) is 4.79 Å². The van der Waals surface area contributed by atoms with Gasteiger partial charge in [-0.2, -0.15) is 0 Å². The Morgan fingerprint density at radius 3 is 1.88 bits per heavy atom. The molecular formula is C10H20NO5+. The van der Waals surface area contributed by atoms with Gasteiger partial charge in [0.1, 0.15) is 6.42 Å². The van der Waals surface area contributed by atoms with Gasteiger partial charge < -0.3 is 19.8 Å². The zero-order valence-corrected chi connectivity index (χ0v) is 10.1. The molecule has 2 unspecified atom stereocenters. The van der Waals surface area contributed by atoms with Gasteiger partial charge in [0.05, 0.1) is 27.2 Å². The first-order valence-corrected chi connectivity index (χ1v) is 4.98. The molecule has 16 heavy (non-hydrogen) atoms. The summed E-state index contributed by atoms with van der Waals surface area (Å²) in [4.78, 5) is 22.1. The van der Waals surface area contributed by atoms with Gasteiger partial charge in [0.2, 0.25) is 5.54 Å². The molecule has 0 aliphatic carbocycles. The Labute approximate surface area is 94.7 Å². The largest absolute Gasteiger partial charge is 0.481 e. The number of aliphatic hydroxyl groups excluding tert-OH is 1. The number of hydrogen-bond acceptors (Lipinski definition) is 3. The van der Waals surface area contributed by atoms with E-state index in [9.17, 15) is 19.8 Å². The van der Waals surface area contributed by atoms with Crippen LogP contribution in [-0.2, 0) is 9.59 Å². The minimum atomic E-state index is -1.51. The smallest absolute Gasteiger partial charge is 0.366 e. The van der Waals surface area contributed by atoms with Crippen molar-refractivity contribution in [2.45, 2.75) is 31.4 Å². The number of carbonyl (C=O) groups is 2. The SMILES string of the molecule is CC(O)CC(CC(=O)O)(C(=O)O)[N+](C)(C)C. The number of rotatable bonds is 6. The second-order valence-corrected chi connectivity index (χ2v) is 4.97. The van der Waals surface area contributed by atoms with Crippen molar-refractivity contribution < 1.29 is 29.4 Å². The molecule has 0 fully saturated rings. The number of quaternary nitrogens is 1. The van der Waals surface area contributed by atoms with Crippen LogP contribution in [0.1, 0.15) is 19.8 Å². The van der Waals surface area contributed by atoms with Crippen LogP contribution in [0.4, 0.5) is 0 Å². The molecule has 0 aromatic heterocycles. The van der Waals surface area contributed by atoms with E-state index < -0.39 is 30.0 Å². The molecule has 0 spiro atoms. The zero-order valence-electron chi connectivity index (χ0n) is 10.1. The molecule has 0 saturated carbocycles. The van der Waals surface area contributed by atoms with E-state index in [0.717, 1.165) is 0 Å². The first-order valence-electron chi connectivity index (χ1n) is 4.98. The van der Waals surface area contributed by atoms with Gasteiger partial charge in [0.15, 0.2) is 0 Å². The maximum atomic E-state index is 11.3. The van der Waals surface area contributed by atoms with E-state index in [2.05, 4.69) is 0 Å². The quantitative estimate of drug-likeness (QED) is 0.551. The lowest BCUT2D eigenvalue weighted by atomic mass is 9.85. The van der Waals surface area contributed by atoms with Crippen LogP contribution in [0.2, 0.25) is 0 Å². The average molecular weight is 234 g/mol. The molecule has 6 nitrogen and oxygen atoms in total. The molecule has 0 aromatic carbocycles. The predicted octanol–water partition coefficient (Wildman–Crippen LogP) is -0.238. The number of nitrogens with zero attached hydrogens (tertiary/aromatic N) is 1. The Kier molecular flexibility index (Phi) is 4.45. The lowest BCUT2D eigenvalue weighted by Crippen LogP contribution is -2.64. The van der Waals surface area contributed by atoms with E-state index in [-0.39, 0.29) is 10.9 Å². The molecule has 0 aliphatic rings. The highest BCUT2D eigenvalue weighted by Gasteiger charge is 2.53. The Balaban J connectivity index is 5.40. The van der Waals surface area contributed by atoms with Gasteiger partial charge in [-0.25, -0.2) is 4.79 Å². The molecule has 0 rings (SSSR count). The summed E-state index contributed by atoms with van der Waals surface area (Å²) in [7, 11) is 4.83. The summed E-state index contributed by atoms with van der Waals surface area (Å²) in [6.45, 7) is 1.45. The summed E-state index contributed by atoms with van der Waals surface area (Å²) in [6, 6.07) is 0. The van der Waals surface area contributed by atoms with Crippen molar-refractivity contribution in [3.8, 4) is 0 Å². The maximum absolute atomic E-state index is 11.3. The fraction of sp³-hybridized carbons (Fsp3) is 0.800. The lowest BCUT2D eigenvalue weighted by molar-refractivity contribution is -0.914. The number of aliphatic carboxylic acids is 2. The molecule has 94 valence electrons. The molecule has 6 heteroatoms. The van der Waals surface area contributed by atoms with Gasteiger partial charge >= 0.3 is 11.9 Å². The monoisotopic (exact) mass is 234 g/mol. The van der Waals surface area contributed by atoms with Crippen molar-refractivity contribution in [3.63, 3.8) is 0 Å². The van der Waals surface area contributed by atoms with Crippen LogP contribution < -0.4 is 0 Å². The van der Waals surface area contributed by atoms with Crippen molar-refractivity contribution in [1.82, 2.24) is 0 Å². The number of likely N-dealkylation sites (N-methyl/N-ethyl adjacent to an activating group) is 1. The average Bonchev–Trinajstić information content (AvgIpc) is 1.97. The molecule has 0 saturated heterocycles. The third-order valence-electron chi connectivity index (χ3n) is 2.76. The van der Waals surface area contributed by atoms with E-state index in [1.807, 2.05) is 0 Å². The third kappa shape index (κ3) is 3.18. The summed E-state index contributed by atoms with van der Waals surface area (Å²) in [5.41, 5.74) is -1.51. The van der Waals surface area contributed by atoms with Gasteiger partial charge in [-0.1, -0.05) is 0 Å². The van der Waals surface area contributed by atoms with Crippen molar-refractivity contribution >= 4 is 11.9 Å². The zero-order chi connectivity index (χ0) is 13.1. The van der Waals surface area contributed by atoms with Crippen LogP contribution in [0.5, 0.6) is 0 Å². The highest BCUT2D eigenvalue weighted by molar-refractivity contribution is 5.83. The molecule has 0 radical (unpaired) electrons. The van der Waals surface area contributed by atoms with E-state index >= 15 is 0 Å². The maximum Gasteiger partial charge on any atom is 0.366 e. The molecule has 0 aliphatic heterocycles. The highest BCUT2D eigenvalue weighted by atomic mass is 16.4. The summed E-state index contributed by atoms with van der Waals surface area (Å²) >= 11 is 0. The fourth-order valence-corrected chi connectivity index (χ4v) is 1.77. The summed E-state index contributed by atoms with van der Waals surface area (Å²) < 4.78 is -0.0560. The lowest BCUT2D eigenvalue weighted by Gasteiger charge is -2.42. The first-order chi connectivity index (χ1) is 7.03. The van der Waals surface area contributed by atoms with Crippen LogP contribution >= 0.6 is 0 Å². The Morgan fingerprint density at radius 1 is 1.25 bits per heavy atom. The van der Waals surface area contributed by atoms with Crippen molar-refractivity contribution in [2.24, 2.45) is 0 Å². The van der Waals surface area contributed by atoms with Gasteiger partial charge in [-0.15, -0.1) is 0 Å². The van der Waals surface area contributed by atoms with Gasteiger partial charge in [0.25, 0.3) is 0 Å². The fourth-order valence-electron chi connectivity index (χ4n) is 1.77. The first kappa shape index (κ1) is 14.9. The van der Waals surface area contributed by atoms with Crippen molar-refractivity contribution in [1.29, 1.82) is 0 Å². The Bertz CT molecular complexity index is 281. The minimum absolute atomic E-state index is 0.0560. The van der Waals surface area contributed by atoms with E-state index in [4.69, 9.17) is 5.11 Å². The topological polar surface area (TPSA) is 94.8 Å². The van der Waals surface area contributed by atoms with Crippen LogP contribution in [0.25, 0.3) is 0 Å². The standard InChI is InChI=1S/C10H19NO5/c1-7(12)5-10(9(15)16,6-8(13)14)11(2,3)4/h7,12H,5-6H2,1-4H3,(H-,13,14,15,16)/p+1.